The molecule has 15 rings (SSSR count). The van der Waals surface area contributed by atoms with Crippen LogP contribution in [0.15, 0.2) is 24.3 Å². The van der Waals surface area contributed by atoms with Gasteiger partial charge in [-0.05, 0) is 99.5 Å². The minimum absolute atomic E-state index is 0.00508. The lowest BCUT2D eigenvalue weighted by Gasteiger charge is -2.54. The zero-order chi connectivity index (χ0) is 51.7. The van der Waals surface area contributed by atoms with E-state index in [2.05, 4.69) is 47.8 Å². The molecule has 0 aromatic carbocycles. The van der Waals surface area contributed by atoms with Crippen LogP contribution in [0.2, 0.25) is 0 Å². The maximum atomic E-state index is 14.3. The maximum Gasteiger partial charge on any atom is 0.308 e. The number of ether oxygens (including phenoxy) is 13. The summed E-state index contributed by atoms with van der Waals surface area (Å²) in [5.41, 5.74) is 2.19. The van der Waals surface area contributed by atoms with Gasteiger partial charge in [-0.15, -0.1) is 0 Å². The summed E-state index contributed by atoms with van der Waals surface area (Å²) in [6.45, 7) is 20.0. The van der Waals surface area contributed by atoms with E-state index in [1.165, 1.54) is 0 Å². The predicted octanol–water partition coefficient (Wildman–Crippen LogP) is 7.24. The molecule has 0 amide bonds. The number of rotatable bonds is 1. The van der Waals surface area contributed by atoms with Crippen LogP contribution in [0.3, 0.4) is 0 Å². The van der Waals surface area contributed by atoms with Crippen molar-refractivity contribution in [3.05, 3.63) is 24.3 Å². The lowest BCUT2D eigenvalue weighted by atomic mass is 9.78. The molecule has 10 bridgehead atoms. The Balaban J connectivity index is 0.714. The molecular weight excluding hydrogens is 965 g/mol. The van der Waals surface area contributed by atoms with Gasteiger partial charge in [0.2, 0.25) is 0 Å². The predicted molar refractivity (Wildman–Crippen MR) is 269 cm³/mol. The molecule has 15 aliphatic rings. The van der Waals surface area contributed by atoms with Gasteiger partial charge in [0.1, 0.15) is 12.2 Å². The third-order valence-corrected chi connectivity index (χ3v) is 20.8. The highest BCUT2D eigenvalue weighted by Gasteiger charge is 2.65. The summed E-state index contributed by atoms with van der Waals surface area (Å²) in [6, 6.07) is 0. The Morgan fingerprint density at radius 3 is 1.97 bits per heavy atom. The molecule has 2 N–H and O–H groups in total. The number of hydrogen-bond acceptors (Lipinski definition) is 16. The normalized spacial score (nSPS) is 56.1. The molecule has 15 fully saturated rings. The van der Waals surface area contributed by atoms with E-state index in [9.17, 15) is 15.0 Å². The van der Waals surface area contributed by atoms with Crippen molar-refractivity contribution in [2.24, 2.45) is 23.7 Å². The second-order valence-corrected chi connectivity index (χ2v) is 26.2. The average Bonchev–Trinajstić information content (AvgIpc) is 4.18. The molecule has 16 nitrogen and oxygen atoms in total. The van der Waals surface area contributed by atoms with Crippen molar-refractivity contribution in [1.82, 2.24) is 0 Å². The van der Waals surface area contributed by atoms with E-state index in [-0.39, 0.29) is 140 Å². The van der Waals surface area contributed by atoms with Crippen molar-refractivity contribution in [1.29, 1.82) is 0 Å². The third-order valence-electron chi connectivity index (χ3n) is 20.8. The first kappa shape index (κ1) is 52.7. The first-order chi connectivity index (χ1) is 36.1. The third kappa shape index (κ3) is 10.1. The number of aliphatic hydroxyl groups is 2. The van der Waals surface area contributed by atoms with Gasteiger partial charge >= 0.3 is 5.97 Å². The summed E-state index contributed by atoms with van der Waals surface area (Å²) in [7, 11) is 0. The molecule has 15 saturated heterocycles. The van der Waals surface area contributed by atoms with Crippen LogP contribution in [0, 0.1) is 23.7 Å². The Kier molecular flexibility index (Phi) is 14.6. The number of carbonyl (C=O) groups is 1. The lowest BCUT2D eigenvalue weighted by Crippen LogP contribution is -2.62. The van der Waals surface area contributed by atoms with Gasteiger partial charge in [-0.25, -0.2) is 0 Å². The van der Waals surface area contributed by atoms with Crippen LogP contribution in [0.1, 0.15) is 163 Å². The topological polar surface area (TPSA) is 178 Å². The zero-order valence-corrected chi connectivity index (χ0v) is 45.3. The van der Waals surface area contributed by atoms with Crippen molar-refractivity contribution in [2.75, 3.05) is 0 Å². The maximum absolute atomic E-state index is 14.3. The first-order valence-corrected chi connectivity index (χ1v) is 29.9. The minimum Gasteiger partial charge on any atom is -0.459 e. The van der Waals surface area contributed by atoms with E-state index in [0.29, 0.717) is 57.8 Å². The standard InChI is InChI=1S/C59H88O16/c1-8-40-38(60)20-49-53(69-40)30(4)24-58(73-49)25-31(5)54-51(74-58)27-59(75-54)26-50-46(72-59)23-48-55(70-50)33(7)56-47(68-48)22-44-32(6)28(2)17-36(65-44)12-14-41-29(3)18-35(64-41)10-9-34-11-15-42(63-34)45-21-39(61)57-43(67-45)16-13-37(66-57)19-52(62)71-56/h28,30-31,33-51,53-57,60-61H,3,6,8-27H2,1-2,4-5,7H3/t28-,30+,31+,33+,34-,35?,36+,37-,38-,39-,40?,41?,42?,43+,44-,45-,46-,47+,48+,49?,50-,51?,53?,54?,55+,56-,57-,58-,59+/m1/s1. The fraction of sp³-hybridized carbons (Fsp3) is 0.915. The molecule has 0 aliphatic carbocycles. The van der Waals surface area contributed by atoms with Crippen molar-refractivity contribution in [2.45, 2.75) is 315 Å². The Bertz CT molecular complexity index is 2110. The summed E-state index contributed by atoms with van der Waals surface area (Å²) < 4.78 is 88.8. The summed E-state index contributed by atoms with van der Waals surface area (Å²) >= 11 is 0. The number of hydrogen-bond donors (Lipinski definition) is 2. The molecule has 420 valence electrons. The van der Waals surface area contributed by atoms with E-state index < -0.39 is 48.2 Å². The molecule has 15 heterocycles. The molecular formula is C59H88O16. The largest absolute Gasteiger partial charge is 0.459 e. The van der Waals surface area contributed by atoms with Crippen molar-refractivity contribution < 1.29 is 76.6 Å². The van der Waals surface area contributed by atoms with Gasteiger partial charge < -0.3 is 71.8 Å². The molecule has 0 aromatic heterocycles. The van der Waals surface area contributed by atoms with Gasteiger partial charge in [-0.1, -0.05) is 47.8 Å². The van der Waals surface area contributed by atoms with Crippen LogP contribution < -0.4 is 0 Å². The first-order valence-electron chi connectivity index (χ1n) is 29.9. The van der Waals surface area contributed by atoms with Gasteiger partial charge in [0.25, 0.3) is 0 Å². The smallest absolute Gasteiger partial charge is 0.308 e. The van der Waals surface area contributed by atoms with E-state index >= 15 is 0 Å². The molecule has 15 aliphatic heterocycles. The van der Waals surface area contributed by atoms with Crippen LogP contribution in [0.25, 0.3) is 0 Å². The SMILES string of the molecule is C=C1CC2CC[C@@H]3CCC(O3)[C@H]3C[C@@H](O)[C@H]4O[C@H](CC[C@@H]4O3)CC(=O)O[C@@H]3[C@@H](C)[C@@H]4O[C@@H]5C[C@]6(CC7O[C@]8(C[C@H](C)C9OC(CC)[C@H](O)CC9O8)C[C@H](C)C7O6)O[C@@H]5C[C@@H]4O[C@H]3C[C@H]3O[C@@H](CCC1O2)C[C@@H](C)C3=C. The Labute approximate surface area is 444 Å². The van der Waals surface area contributed by atoms with Crippen LogP contribution in [-0.2, 0) is 66.4 Å². The molecule has 2 spiro atoms. The van der Waals surface area contributed by atoms with Crippen LogP contribution >= 0.6 is 0 Å². The highest BCUT2D eigenvalue weighted by molar-refractivity contribution is 5.70. The molecule has 0 saturated carbocycles. The highest BCUT2D eigenvalue weighted by Crippen LogP contribution is 2.56. The second kappa shape index (κ2) is 20.7. The minimum atomic E-state index is -0.886. The van der Waals surface area contributed by atoms with Gasteiger partial charge in [-0.3, -0.25) is 4.79 Å². The number of aliphatic hydroxyl groups excluding tert-OH is 2. The number of carbonyl (C=O) groups excluding carboxylic acids is 1. The van der Waals surface area contributed by atoms with Crippen LogP contribution in [0.5, 0.6) is 0 Å². The van der Waals surface area contributed by atoms with Crippen LogP contribution in [-0.4, -0.2) is 168 Å². The van der Waals surface area contributed by atoms with E-state index in [4.69, 9.17) is 61.6 Å². The number of fused-ring (bicyclic) bond motifs is 6. The Morgan fingerprint density at radius 1 is 0.480 bits per heavy atom. The Hall–Kier alpha value is -1.61. The average molecular weight is 1050 g/mol. The number of esters is 1. The van der Waals surface area contributed by atoms with Crippen molar-refractivity contribution in [3.8, 4) is 0 Å². The molecule has 8 unspecified atom stereocenters. The summed E-state index contributed by atoms with van der Waals surface area (Å²) in [6.07, 6.45) is 7.87. The van der Waals surface area contributed by atoms with Gasteiger partial charge in [-0.2, -0.15) is 0 Å². The molecule has 16 heteroatoms. The monoisotopic (exact) mass is 1050 g/mol. The zero-order valence-electron chi connectivity index (χ0n) is 45.3. The Morgan fingerprint density at radius 2 is 1.13 bits per heavy atom. The molecule has 0 aromatic rings. The fourth-order valence-electron chi connectivity index (χ4n) is 17.0. The van der Waals surface area contributed by atoms with E-state index in [1.807, 2.05) is 0 Å². The lowest BCUT2D eigenvalue weighted by molar-refractivity contribution is -0.371. The molecule has 75 heavy (non-hydrogen) atoms. The fourth-order valence-corrected chi connectivity index (χ4v) is 17.0. The van der Waals surface area contributed by atoms with E-state index in [0.717, 1.165) is 75.4 Å². The van der Waals surface area contributed by atoms with E-state index in [1.54, 1.807) is 0 Å². The van der Waals surface area contributed by atoms with Gasteiger partial charge in [0.05, 0.1) is 135 Å². The van der Waals surface area contributed by atoms with Gasteiger partial charge in [0, 0.05) is 57.3 Å². The van der Waals surface area contributed by atoms with Gasteiger partial charge in [0.15, 0.2) is 11.6 Å². The summed E-state index contributed by atoms with van der Waals surface area (Å²) in [5, 5.41) is 22.5. The quantitative estimate of drug-likeness (QED) is 0.198. The second-order valence-electron chi connectivity index (χ2n) is 26.2. The van der Waals surface area contributed by atoms with Crippen LogP contribution in [0.4, 0.5) is 0 Å². The molecule has 29 atom stereocenters. The highest BCUT2D eigenvalue weighted by atomic mass is 16.8. The van der Waals surface area contributed by atoms with Crippen molar-refractivity contribution >= 4 is 5.97 Å². The van der Waals surface area contributed by atoms with Crippen molar-refractivity contribution in [3.63, 3.8) is 0 Å². The summed E-state index contributed by atoms with van der Waals surface area (Å²) in [5.74, 6) is -1.66. The summed E-state index contributed by atoms with van der Waals surface area (Å²) in [4.78, 5) is 14.3. The molecule has 0 radical (unpaired) electrons.